The van der Waals surface area contributed by atoms with Gasteiger partial charge >= 0.3 is 6.03 Å². The molecule has 3 aromatic rings. The molecule has 0 radical (unpaired) electrons. The highest BCUT2D eigenvalue weighted by atomic mass is 32.2. The first kappa shape index (κ1) is 21.1. The normalized spacial score (nSPS) is 17.7. The Balaban J connectivity index is 1.70. The van der Waals surface area contributed by atoms with Crippen LogP contribution in [0.25, 0.3) is 16.5 Å². The molecule has 6 nitrogen and oxygen atoms in total. The Kier molecular flexibility index (Phi) is 5.69. The molecule has 3 heterocycles. The van der Waals surface area contributed by atoms with E-state index in [-0.39, 0.29) is 6.03 Å². The molecular formula is C25H29N5OS. The number of amides is 2. The van der Waals surface area contributed by atoms with E-state index in [0.29, 0.717) is 19.1 Å². The van der Waals surface area contributed by atoms with E-state index in [2.05, 4.69) is 46.6 Å². The summed E-state index contributed by atoms with van der Waals surface area (Å²) in [5.74, 6) is 0. The Morgan fingerprint density at radius 1 is 1.22 bits per heavy atom. The van der Waals surface area contributed by atoms with Gasteiger partial charge < -0.3 is 4.90 Å². The van der Waals surface area contributed by atoms with Gasteiger partial charge in [-0.15, -0.1) is 0 Å². The number of rotatable bonds is 5. The Morgan fingerprint density at radius 3 is 2.81 bits per heavy atom. The fourth-order valence-corrected chi connectivity index (χ4v) is 5.93. The number of carbonyl (C=O) groups excluding carboxylic acids is 1. The van der Waals surface area contributed by atoms with Gasteiger partial charge in [-0.2, -0.15) is 0 Å². The number of hydrogen-bond donors (Lipinski definition) is 1. The summed E-state index contributed by atoms with van der Waals surface area (Å²) in [7, 11) is 2.22. The zero-order valence-electron chi connectivity index (χ0n) is 18.8. The summed E-state index contributed by atoms with van der Waals surface area (Å²) >= 11 is 1.62. The van der Waals surface area contributed by atoms with Gasteiger partial charge in [0.1, 0.15) is 10.1 Å². The quantitative estimate of drug-likeness (QED) is 0.608. The maximum Gasteiger partial charge on any atom is 0.336 e. The zero-order chi connectivity index (χ0) is 22.2. The predicted molar refractivity (Wildman–Crippen MR) is 131 cm³/mol. The molecule has 0 fully saturated rings. The van der Waals surface area contributed by atoms with Crippen LogP contribution in [-0.4, -0.2) is 58.2 Å². The number of nitrogens with zero attached hydrogens (tertiary/aromatic N) is 4. The second kappa shape index (κ2) is 8.64. The summed E-state index contributed by atoms with van der Waals surface area (Å²) in [4.78, 5) is 21.9. The van der Waals surface area contributed by atoms with Crippen LogP contribution in [0, 0.1) is 0 Å². The topological polar surface area (TPSA) is 53.4 Å². The molecule has 0 bridgehead atoms. The minimum absolute atomic E-state index is 0.0836. The van der Waals surface area contributed by atoms with Crippen molar-refractivity contribution in [2.75, 3.05) is 32.1 Å². The molecule has 0 spiro atoms. The van der Waals surface area contributed by atoms with Gasteiger partial charge in [-0.1, -0.05) is 24.3 Å². The Labute approximate surface area is 193 Å². The summed E-state index contributed by atoms with van der Waals surface area (Å²) in [5, 5.41) is 3.22. The Morgan fingerprint density at radius 2 is 2.06 bits per heavy atom. The largest absolute Gasteiger partial charge is 0.336 e. The lowest BCUT2D eigenvalue weighted by Gasteiger charge is -2.37. The van der Waals surface area contributed by atoms with Gasteiger partial charge in [-0.3, -0.25) is 4.90 Å². The highest BCUT2D eigenvalue weighted by molar-refractivity contribution is 7.99. The standard InChI is InChI=1S/C25H29N5OS/c1-4-29(5-2)25(31)27-30-20-12-8-10-18-17-11-9-15-28(3)21(17)16-19(23(18)20)24(30)32-22-13-6-7-14-26-22/h6-8,10-14,21H,4-5,9,15-16H2,1-3H3,(H,27,31)/t21-/m1/s1. The van der Waals surface area contributed by atoms with Crippen molar-refractivity contribution in [2.24, 2.45) is 0 Å². The Bertz CT molecular complexity index is 1180. The summed E-state index contributed by atoms with van der Waals surface area (Å²) in [6.07, 6.45) is 6.22. The Hall–Kier alpha value is -2.77. The van der Waals surface area contributed by atoms with Crippen LogP contribution in [-0.2, 0) is 6.42 Å². The number of benzene rings is 1. The molecular weight excluding hydrogens is 418 g/mol. The highest BCUT2D eigenvalue weighted by Gasteiger charge is 2.34. The summed E-state index contributed by atoms with van der Waals surface area (Å²) in [6.45, 7) is 6.42. The molecule has 32 heavy (non-hydrogen) atoms. The molecule has 1 N–H and O–H groups in total. The predicted octanol–water partition coefficient (Wildman–Crippen LogP) is 4.84. The van der Waals surface area contributed by atoms with Gasteiger partial charge in [0.15, 0.2) is 0 Å². The molecule has 7 heteroatoms. The first-order valence-corrected chi connectivity index (χ1v) is 12.2. The van der Waals surface area contributed by atoms with Crippen molar-refractivity contribution < 1.29 is 4.79 Å². The summed E-state index contributed by atoms with van der Waals surface area (Å²) in [5.41, 5.74) is 8.24. The van der Waals surface area contributed by atoms with Crippen LogP contribution in [0.4, 0.5) is 4.79 Å². The number of nitrogens with one attached hydrogen (secondary N) is 1. The SMILES string of the molecule is CCN(CC)C(=O)Nn1c(Sc2ccccn2)c2c3c(cccc31)C1=CCCN(C)[C@@H]1C2. The minimum atomic E-state index is -0.0836. The van der Waals surface area contributed by atoms with Crippen LogP contribution in [0.2, 0.25) is 0 Å². The van der Waals surface area contributed by atoms with E-state index >= 15 is 0 Å². The molecule has 0 saturated carbocycles. The molecule has 166 valence electrons. The molecule has 0 saturated heterocycles. The molecule has 2 aliphatic rings. The first-order chi connectivity index (χ1) is 15.6. The van der Waals surface area contributed by atoms with Gasteiger partial charge in [0, 0.05) is 37.3 Å². The van der Waals surface area contributed by atoms with Crippen LogP contribution < -0.4 is 5.43 Å². The van der Waals surface area contributed by atoms with Gasteiger partial charge in [0.25, 0.3) is 0 Å². The number of aromatic nitrogens is 2. The van der Waals surface area contributed by atoms with Gasteiger partial charge in [-0.25, -0.2) is 19.9 Å². The second-order valence-electron chi connectivity index (χ2n) is 8.33. The fraction of sp³-hybridized carbons (Fsp3) is 0.360. The monoisotopic (exact) mass is 447 g/mol. The number of urea groups is 1. The van der Waals surface area contributed by atoms with Gasteiger partial charge in [0.2, 0.25) is 0 Å². The van der Waals surface area contributed by atoms with E-state index in [1.807, 2.05) is 42.9 Å². The minimum Gasteiger partial charge on any atom is -0.324 e. The first-order valence-electron chi connectivity index (χ1n) is 11.3. The van der Waals surface area contributed by atoms with Crippen LogP contribution in [0.15, 0.2) is 58.7 Å². The van der Waals surface area contributed by atoms with Crippen molar-refractivity contribution in [1.82, 2.24) is 19.5 Å². The van der Waals surface area contributed by atoms with Crippen molar-refractivity contribution in [3.05, 3.63) is 59.8 Å². The molecule has 2 amide bonds. The van der Waals surface area contributed by atoms with Crippen LogP contribution >= 0.6 is 11.8 Å². The molecule has 5 rings (SSSR count). The number of fused-ring (bicyclic) bond motifs is 2. The smallest absolute Gasteiger partial charge is 0.324 e. The molecule has 1 aromatic carbocycles. The maximum absolute atomic E-state index is 13.1. The number of likely N-dealkylation sites (N-methyl/N-ethyl adjacent to an activating group) is 1. The molecule has 1 aliphatic carbocycles. The number of pyridine rings is 1. The maximum atomic E-state index is 13.1. The van der Waals surface area contributed by atoms with Gasteiger partial charge in [-0.05, 0) is 80.4 Å². The van der Waals surface area contributed by atoms with Crippen molar-refractivity contribution in [3.63, 3.8) is 0 Å². The molecule has 0 unspecified atom stereocenters. The third-order valence-corrected chi connectivity index (χ3v) is 7.66. The van der Waals surface area contributed by atoms with E-state index in [1.54, 1.807) is 16.7 Å². The molecule has 1 aliphatic heterocycles. The summed E-state index contributed by atoms with van der Waals surface area (Å²) in [6, 6.07) is 12.7. The van der Waals surface area contributed by atoms with Crippen molar-refractivity contribution in [1.29, 1.82) is 0 Å². The third kappa shape index (κ3) is 3.49. The highest BCUT2D eigenvalue weighted by Crippen LogP contribution is 2.45. The van der Waals surface area contributed by atoms with Crippen LogP contribution in [0.5, 0.6) is 0 Å². The lowest BCUT2D eigenvalue weighted by molar-refractivity contribution is 0.214. The van der Waals surface area contributed by atoms with Crippen molar-refractivity contribution in [3.8, 4) is 0 Å². The summed E-state index contributed by atoms with van der Waals surface area (Å²) < 4.78 is 1.99. The molecule has 1 atom stereocenters. The van der Waals surface area contributed by atoms with E-state index in [0.717, 1.165) is 35.0 Å². The average Bonchev–Trinajstić information content (AvgIpc) is 3.10. The van der Waals surface area contributed by atoms with Crippen LogP contribution in [0.1, 0.15) is 31.4 Å². The number of hydrogen-bond acceptors (Lipinski definition) is 4. The number of carbonyl (C=O) groups is 1. The van der Waals surface area contributed by atoms with E-state index in [9.17, 15) is 4.79 Å². The van der Waals surface area contributed by atoms with E-state index in [1.165, 1.54) is 22.1 Å². The van der Waals surface area contributed by atoms with E-state index in [4.69, 9.17) is 0 Å². The van der Waals surface area contributed by atoms with Crippen molar-refractivity contribution >= 4 is 34.3 Å². The lowest BCUT2D eigenvalue weighted by atomic mass is 9.82. The zero-order valence-corrected chi connectivity index (χ0v) is 19.7. The third-order valence-electron chi connectivity index (χ3n) is 6.59. The van der Waals surface area contributed by atoms with E-state index < -0.39 is 0 Å². The average molecular weight is 448 g/mol. The van der Waals surface area contributed by atoms with Crippen molar-refractivity contribution in [2.45, 2.75) is 42.8 Å². The molecule has 2 aromatic heterocycles. The van der Waals surface area contributed by atoms with Gasteiger partial charge in [0.05, 0.1) is 5.52 Å². The van der Waals surface area contributed by atoms with Crippen LogP contribution in [0.3, 0.4) is 0 Å². The lowest BCUT2D eigenvalue weighted by Crippen LogP contribution is -2.39. The fourth-order valence-electron chi connectivity index (χ4n) is 4.93. The second-order valence-corrected chi connectivity index (χ2v) is 9.34.